The fourth-order valence-electron chi connectivity index (χ4n) is 1.49. The van der Waals surface area contributed by atoms with Crippen LogP contribution in [0.2, 0.25) is 0 Å². The molecule has 0 aliphatic heterocycles. The maximum atomic E-state index is 9.68. The number of benzene rings is 1. The second-order valence-electron chi connectivity index (χ2n) is 3.80. The standard InChI is InChI=1S/C13H14N2OS/c1-9-7-8-14-13(15-9)17-12-6-4-3-5-11(12)10(2)16/h3-8,10,16H,1-2H3/t10-/m0/s1. The van der Waals surface area contributed by atoms with Crippen LogP contribution in [0.25, 0.3) is 0 Å². The Hall–Kier alpha value is -1.39. The Morgan fingerprint density at radius 2 is 2.00 bits per heavy atom. The van der Waals surface area contributed by atoms with E-state index >= 15 is 0 Å². The molecule has 0 bridgehead atoms. The molecular weight excluding hydrogens is 232 g/mol. The van der Waals surface area contributed by atoms with Crippen molar-refractivity contribution in [1.29, 1.82) is 0 Å². The molecule has 0 unspecified atom stereocenters. The molecule has 2 aromatic rings. The zero-order valence-corrected chi connectivity index (χ0v) is 10.6. The minimum Gasteiger partial charge on any atom is -0.389 e. The van der Waals surface area contributed by atoms with Crippen LogP contribution in [0.3, 0.4) is 0 Å². The Balaban J connectivity index is 2.30. The van der Waals surface area contributed by atoms with Crippen molar-refractivity contribution in [3.8, 4) is 0 Å². The van der Waals surface area contributed by atoms with Gasteiger partial charge in [0.2, 0.25) is 0 Å². The average molecular weight is 246 g/mol. The molecule has 0 saturated heterocycles. The van der Waals surface area contributed by atoms with Gasteiger partial charge in [-0.2, -0.15) is 0 Å². The first-order chi connectivity index (χ1) is 8.16. The van der Waals surface area contributed by atoms with Crippen LogP contribution in [0.1, 0.15) is 24.3 Å². The molecule has 1 aromatic heterocycles. The number of aromatic nitrogens is 2. The van der Waals surface area contributed by atoms with Crippen LogP contribution in [-0.2, 0) is 0 Å². The monoisotopic (exact) mass is 246 g/mol. The summed E-state index contributed by atoms with van der Waals surface area (Å²) < 4.78 is 0. The van der Waals surface area contributed by atoms with E-state index in [-0.39, 0.29) is 0 Å². The molecule has 0 aliphatic carbocycles. The number of aliphatic hydroxyl groups is 1. The molecular formula is C13H14N2OS. The largest absolute Gasteiger partial charge is 0.389 e. The third kappa shape index (κ3) is 3.05. The Morgan fingerprint density at radius 1 is 1.24 bits per heavy atom. The zero-order chi connectivity index (χ0) is 12.3. The van der Waals surface area contributed by atoms with E-state index in [9.17, 15) is 5.11 Å². The van der Waals surface area contributed by atoms with Crippen LogP contribution in [-0.4, -0.2) is 15.1 Å². The van der Waals surface area contributed by atoms with Crippen LogP contribution in [0, 0.1) is 6.92 Å². The van der Waals surface area contributed by atoms with Gasteiger partial charge in [-0.3, -0.25) is 0 Å². The predicted octanol–water partition coefficient (Wildman–Crippen LogP) is 2.99. The van der Waals surface area contributed by atoms with Crippen LogP contribution in [0.15, 0.2) is 46.6 Å². The highest BCUT2D eigenvalue weighted by Gasteiger charge is 2.09. The van der Waals surface area contributed by atoms with Crippen molar-refractivity contribution in [3.63, 3.8) is 0 Å². The molecule has 0 fully saturated rings. The highest BCUT2D eigenvalue weighted by atomic mass is 32.2. The van der Waals surface area contributed by atoms with Crippen LogP contribution in [0.4, 0.5) is 0 Å². The van der Waals surface area contributed by atoms with Crippen molar-refractivity contribution in [2.24, 2.45) is 0 Å². The van der Waals surface area contributed by atoms with Gasteiger partial charge < -0.3 is 5.11 Å². The first kappa shape index (κ1) is 12.1. The van der Waals surface area contributed by atoms with E-state index in [1.165, 1.54) is 11.8 Å². The van der Waals surface area contributed by atoms with E-state index in [2.05, 4.69) is 9.97 Å². The molecule has 17 heavy (non-hydrogen) atoms. The Bertz CT molecular complexity index is 514. The SMILES string of the molecule is Cc1ccnc(Sc2ccccc2[C@H](C)O)n1. The van der Waals surface area contributed by atoms with Gasteiger partial charge in [0.25, 0.3) is 0 Å². The Labute approximate surface area is 105 Å². The predicted molar refractivity (Wildman–Crippen MR) is 68.0 cm³/mol. The molecule has 0 radical (unpaired) electrons. The molecule has 1 aromatic carbocycles. The van der Waals surface area contributed by atoms with Gasteiger partial charge in [0, 0.05) is 16.8 Å². The summed E-state index contributed by atoms with van der Waals surface area (Å²) in [6, 6.07) is 9.62. The molecule has 1 heterocycles. The molecule has 3 nitrogen and oxygen atoms in total. The van der Waals surface area contributed by atoms with Crippen LogP contribution < -0.4 is 0 Å². The summed E-state index contributed by atoms with van der Waals surface area (Å²) in [5, 5.41) is 10.4. The minimum atomic E-state index is -0.483. The Kier molecular flexibility index (Phi) is 3.76. The topological polar surface area (TPSA) is 46.0 Å². The average Bonchev–Trinajstić information content (AvgIpc) is 2.29. The normalized spacial score (nSPS) is 12.4. The highest BCUT2D eigenvalue weighted by molar-refractivity contribution is 7.99. The molecule has 0 saturated carbocycles. The van der Waals surface area contributed by atoms with Gasteiger partial charge in [-0.25, -0.2) is 9.97 Å². The van der Waals surface area contributed by atoms with Crippen molar-refractivity contribution in [2.75, 3.05) is 0 Å². The first-order valence-electron chi connectivity index (χ1n) is 5.41. The van der Waals surface area contributed by atoms with Gasteiger partial charge in [0.15, 0.2) is 5.16 Å². The lowest BCUT2D eigenvalue weighted by atomic mass is 10.1. The molecule has 0 aliphatic rings. The second-order valence-corrected chi connectivity index (χ2v) is 4.81. The van der Waals surface area contributed by atoms with E-state index in [1.54, 1.807) is 13.1 Å². The molecule has 0 spiro atoms. The lowest BCUT2D eigenvalue weighted by Crippen LogP contribution is -1.95. The van der Waals surface area contributed by atoms with Gasteiger partial charge in [-0.1, -0.05) is 18.2 Å². The summed E-state index contributed by atoms with van der Waals surface area (Å²) in [5.74, 6) is 0. The quantitative estimate of drug-likeness (QED) is 0.846. The number of hydrogen-bond donors (Lipinski definition) is 1. The Morgan fingerprint density at radius 3 is 2.71 bits per heavy atom. The second kappa shape index (κ2) is 5.29. The third-order valence-electron chi connectivity index (χ3n) is 2.34. The maximum absolute atomic E-state index is 9.68. The van der Waals surface area contributed by atoms with Gasteiger partial charge >= 0.3 is 0 Å². The summed E-state index contributed by atoms with van der Waals surface area (Å²) in [6.45, 7) is 3.70. The fourth-order valence-corrected chi connectivity index (χ4v) is 2.49. The first-order valence-corrected chi connectivity index (χ1v) is 6.23. The molecule has 88 valence electrons. The summed E-state index contributed by atoms with van der Waals surface area (Å²) >= 11 is 1.47. The zero-order valence-electron chi connectivity index (χ0n) is 9.79. The van der Waals surface area contributed by atoms with Crippen LogP contribution >= 0.6 is 11.8 Å². The van der Waals surface area contributed by atoms with E-state index in [1.807, 2.05) is 37.3 Å². The van der Waals surface area contributed by atoms with E-state index in [4.69, 9.17) is 0 Å². The van der Waals surface area contributed by atoms with E-state index < -0.39 is 6.10 Å². The van der Waals surface area contributed by atoms with Crippen molar-refractivity contribution in [2.45, 2.75) is 30.0 Å². The molecule has 1 N–H and O–H groups in total. The maximum Gasteiger partial charge on any atom is 0.192 e. The lowest BCUT2D eigenvalue weighted by Gasteiger charge is -2.10. The van der Waals surface area contributed by atoms with Crippen molar-refractivity contribution in [3.05, 3.63) is 47.8 Å². The van der Waals surface area contributed by atoms with Gasteiger partial charge in [0.1, 0.15) is 0 Å². The molecule has 2 rings (SSSR count). The smallest absolute Gasteiger partial charge is 0.192 e. The highest BCUT2D eigenvalue weighted by Crippen LogP contribution is 2.30. The van der Waals surface area contributed by atoms with Gasteiger partial charge in [-0.15, -0.1) is 0 Å². The summed E-state index contributed by atoms with van der Waals surface area (Å²) in [6.07, 6.45) is 1.26. The van der Waals surface area contributed by atoms with E-state index in [0.29, 0.717) is 5.16 Å². The number of aliphatic hydroxyl groups excluding tert-OH is 1. The van der Waals surface area contributed by atoms with Crippen LogP contribution in [0.5, 0.6) is 0 Å². The van der Waals surface area contributed by atoms with E-state index in [0.717, 1.165) is 16.2 Å². The lowest BCUT2D eigenvalue weighted by molar-refractivity contribution is 0.196. The van der Waals surface area contributed by atoms with Gasteiger partial charge in [-0.05, 0) is 43.3 Å². The summed E-state index contributed by atoms with van der Waals surface area (Å²) in [7, 11) is 0. The number of aryl methyl sites for hydroxylation is 1. The molecule has 0 amide bonds. The number of nitrogens with zero attached hydrogens (tertiary/aromatic N) is 2. The number of rotatable bonds is 3. The van der Waals surface area contributed by atoms with Crippen molar-refractivity contribution in [1.82, 2.24) is 9.97 Å². The minimum absolute atomic E-state index is 0.483. The fraction of sp³-hybridized carbons (Fsp3) is 0.231. The summed E-state index contributed by atoms with van der Waals surface area (Å²) in [4.78, 5) is 9.54. The van der Waals surface area contributed by atoms with Gasteiger partial charge in [0.05, 0.1) is 6.10 Å². The number of hydrogen-bond acceptors (Lipinski definition) is 4. The van der Waals surface area contributed by atoms with Crippen molar-refractivity contribution < 1.29 is 5.11 Å². The molecule has 1 atom stereocenters. The summed E-state index contributed by atoms with van der Waals surface area (Å²) in [5.41, 5.74) is 1.85. The molecule has 4 heteroatoms. The van der Waals surface area contributed by atoms with Crippen molar-refractivity contribution >= 4 is 11.8 Å². The third-order valence-corrected chi connectivity index (χ3v) is 3.31.